The summed E-state index contributed by atoms with van der Waals surface area (Å²) in [4.78, 5) is 35.9. The van der Waals surface area contributed by atoms with Crippen LogP contribution in [0.5, 0.6) is 0 Å². The molecular weight excluding hydrogens is 454 g/mol. The number of hydrogen-bond acceptors (Lipinski definition) is 6. The van der Waals surface area contributed by atoms with E-state index >= 15 is 0 Å². The average molecular weight is 471 g/mol. The van der Waals surface area contributed by atoms with Gasteiger partial charge in [0.2, 0.25) is 0 Å². The molecule has 2 amide bonds. The molecule has 1 N–H and O–H groups in total. The molecular formula is C18H17ClF2N6O3S. The SMILES string of the molecule is O=C(c1cc(Cl)nc(-c2cnn3ccsc23)n1)N1CCC(N(CC(F)F)C(=O)O)CC1. The van der Waals surface area contributed by atoms with Crippen LogP contribution in [0.3, 0.4) is 0 Å². The highest BCUT2D eigenvalue weighted by Crippen LogP contribution is 2.27. The topological polar surface area (TPSA) is 104 Å². The molecule has 1 fully saturated rings. The minimum atomic E-state index is -2.75. The molecule has 0 aliphatic carbocycles. The molecule has 1 aliphatic rings. The number of aromatic nitrogens is 4. The van der Waals surface area contributed by atoms with Gasteiger partial charge in [0.25, 0.3) is 12.3 Å². The molecule has 0 saturated carbocycles. The fourth-order valence-electron chi connectivity index (χ4n) is 3.60. The highest BCUT2D eigenvalue weighted by atomic mass is 35.5. The Morgan fingerprint density at radius 2 is 2.06 bits per heavy atom. The number of piperidine rings is 1. The number of amides is 2. The van der Waals surface area contributed by atoms with Crippen LogP contribution in [0.4, 0.5) is 13.6 Å². The maximum absolute atomic E-state index is 13.0. The van der Waals surface area contributed by atoms with Gasteiger partial charge in [0.05, 0.1) is 18.3 Å². The summed E-state index contributed by atoms with van der Waals surface area (Å²) < 4.78 is 27.1. The summed E-state index contributed by atoms with van der Waals surface area (Å²) in [5.74, 6) is -0.105. The molecule has 31 heavy (non-hydrogen) atoms. The summed E-state index contributed by atoms with van der Waals surface area (Å²) in [5.41, 5.74) is 0.751. The lowest BCUT2D eigenvalue weighted by Gasteiger charge is -2.37. The van der Waals surface area contributed by atoms with Crippen molar-refractivity contribution in [2.75, 3.05) is 19.6 Å². The molecule has 4 rings (SSSR count). The third-order valence-corrected chi connectivity index (χ3v) is 6.14. The van der Waals surface area contributed by atoms with Crippen molar-refractivity contribution in [3.63, 3.8) is 0 Å². The van der Waals surface area contributed by atoms with Gasteiger partial charge < -0.3 is 10.0 Å². The van der Waals surface area contributed by atoms with Gasteiger partial charge in [-0.3, -0.25) is 9.69 Å². The Kier molecular flexibility index (Phi) is 6.01. The summed E-state index contributed by atoms with van der Waals surface area (Å²) in [6.07, 6.45) is -0.237. The smallest absolute Gasteiger partial charge is 0.407 e. The molecule has 0 atom stereocenters. The zero-order valence-electron chi connectivity index (χ0n) is 16.0. The van der Waals surface area contributed by atoms with Crippen LogP contribution in [0.15, 0.2) is 23.8 Å². The average Bonchev–Trinajstić information content (AvgIpc) is 3.35. The standard InChI is InChI=1S/C18H17ClF2N6O3S/c19-13-7-12(23-15(24-13)11-8-22-27-5-6-31-17(11)27)16(28)25-3-1-10(2-4-25)26(18(29)30)9-14(20)21/h5-8,10,14H,1-4,9H2,(H,29,30). The first-order chi connectivity index (χ1) is 14.8. The van der Waals surface area contributed by atoms with Gasteiger partial charge in [-0.2, -0.15) is 5.10 Å². The Morgan fingerprint density at radius 3 is 2.74 bits per heavy atom. The number of alkyl halides is 2. The van der Waals surface area contributed by atoms with Gasteiger partial charge in [-0.05, 0) is 12.8 Å². The van der Waals surface area contributed by atoms with E-state index in [4.69, 9.17) is 11.6 Å². The largest absolute Gasteiger partial charge is 0.465 e. The van der Waals surface area contributed by atoms with E-state index in [1.54, 1.807) is 16.9 Å². The maximum Gasteiger partial charge on any atom is 0.407 e. The van der Waals surface area contributed by atoms with Crippen molar-refractivity contribution in [2.45, 2.75) is 25.3 Å². The van der Waals surface area contributed by atoms with Crippen molar-refractivity contribution in [1.82, 2.24) is 29.4 Å². The predicted octanol–water partition coefficient (Wildman–Crippen LogP) is 3.36. The van der Waals surface area contributed by atoms with E-state index in [2.05, 4.69) is 15.1 Å². The lowest BCUT2D eigenvalue weighted by molar-refractivity contribution is 0.0388. The van der Waals surface area contributed by atoms with Crippen LogP contribution in [0.2, 0.25) is 5.15 Å². The summed E-state index contributed by atoms with van der Waals surface area (Å²) in [7, 11) is 0. The van der Waals surface area contributed by atoms with Crippen LogP contribution < -0.4 is 0 Å². The monoisotopic (exact) mass is 470 g/mol. The van der Waals surface area contributed by atoms with E-state index in [1.807, 2.05) is 5.38 Å². The molecule has 0 radical (unpaired) electrons. The minimum absolute atomic E-state index is 0.104. The number of hydrogen-bond donors (Lipinski definition) is 1. The molecule has 1 aliphatic heterocycles. The summed E-state index contributed by atoms with van der Waals surface area (Å²) in [6.45, 7) is -0.408. The highest BCUT2D eigenvalue weighted by molar-refractivity contribution is 7.16. The molecule has 0 aromatic carbocycles. The Labute approximate surface area is 183 Å². The van der Waals surface area contributed by atoms with Crippen LogP contribution >= 0.6 is 22.9 Å². The van der Waals surface area contributed by atoms with E-state index in [9.17, 15) is 23.5 Å². The second-order valence-corrected chi connectivity index (χ2v) is 8.24. The summed E-state index contributed by atoms with van der Waals surface area (Å²) >= 11 is 7.58. The lowest BCUT2D eigenvalue weighted by Crippen LogP contribution is -2.49. The number of carboxylic acid groups (broad SMARTS) is 1. The molecule has 1 saturated heterocycles. The first-order valence-corrected chi connectivity index (χ1v) is 10.6. The van der Waals surface area contributed by atoms with Crippen molar-refractivity contribution in [2.24, 2.45) is 0 Å². The van der Waals surface area contributed by atoms with Crippen molar-refractivity contribution >= 4 is 39.8 Å². The Balaban J connectivity index is 1.50. The van der Waals surface area contributed by atoms with Gasteiger partial charge in [-0.25, -0.2) is 28.1 Å². The second kappa shape index (κ2) is 8.71. The minimum Gasteiger partial charge on any atom is -0.465 e. The number of thiazole rings is 1. The number of likely N-dealkylation sites (tertiary alicyclic amines) is 1. The number of rotatable bonds is 5. The van der Waals surface area contributed by atoms with Gasteiger partial charge in [0.1, 0.15) is 15.7 Å². The predicted molar refractivity (Wildman–Crippen MR) is 109 cm³/mol. The Hall–Kier alpha value is -2.86. The van der Waals surface area contributed by atoms with E-state index in [1.165, 1.54) is 22.3 Å². The molecule has 3 aromatic rings. The van der Waals surface area contributed by atoms with Gasteiger partial charge in [-0.15, -0.1) is 11.3 Å². The molecule has 3 aromatic heterocycles. The maximum atomic E-state index is 13.0. The lowest BCUT2D eigenvalue weighted by atomic mass is 10.0. The summed E-state index contributed by atoms with van der Waals surface area (Å²) in [5, 5.41) is 15.4. The van der Waals surface area contributed by atoms with Gasteiger partial charge in [0, 0.05) is 36.8 Å². The molecule has 164 valence electrons. The normalized spacial score (nSPS) is 15.0. The van der Waals surface area contributed by atoms with E-state index in [0.717, 1.165) is 9.73 Å². The number of fused-ring (bicyclic) bond motifs is 1. The second-order valence-electron chi connectivity index (χ2n) is 6.96. The molecule has 0 bridgehead atoms. The van der Waals surface area contributed by atoms with Crippen LogP contribution in [0.1, 0.15) is 23.3 Å². The van der Waals surface area contributed by atoms with Crippen molar-refractivity contribution in [3.05, 3.63) is 34.7 Å². The number of halogens is 3. The Morgan fingerprint density at radius 1 is 1.32 bits per heavy atom. The third kappa shape index (κ3) is 4.44. The Bertz CT molecular complexity index is 1110. The van der Waals surface area contributed by atoms with Crippen LogP contribution in [-0.2, 0) is 0 Å². The quantitative estimate of drug-likeness (QED) is 0.573. The van der Waals surface area contributed by atoms with Crippen LogP contribution in [-0.4, -0.2) is 78.6 Å². The molecule has 4 heterocycles. The van der Waals surface area contributed by atoms with E-state index in [-0.39, 0.29) is 48.5 Å². The first-order valence-electron chi connectivity index (χ1n) is 9.36. The first kappa shape index (κ1) is 21.4. The fraction of sp³-hybridized carbons (Fsp3) is 0.389. The van der Waals surface area contributed by atoms with Gasteiger partial charge in [0.15, 0.2) is 5.82 Å². The highest BCUT2D eigenvalue weighted by Gasteiger charge is 2.32. The summed E-state index contributed by atoms with van der Waals surface area (Å²) in [6, 6.07) is 0.800. The molecule has 13 heteroatoms. The third-order valence-electron chi connectivity index (χ3n) is 5.06. The van der Waals surface area contributed by atoms with Crippen LogP contribution in [0, 0.1) is 0 Å². The van der Waals surface area contributed by atoms with E-state index < -0.39 is 25.1 Å². The molecule has 9 nitrogen and oxygen atoms in total. The van der Waals surface area contributed by atoms with Crippen LogP contribution in [0.25, 0.3) is 16.2 Å². The fourth-order valence-corrected chi connectivity index (χ4v) is 4.58. The number of carbonyl (C=O) groups excluding carboxylic acids is 1. The van der Waals surface area contributed by atoms with Crippen molar-refractivity contribution in [3.8, 4) is 11.4 Å². The zero-order chi connectivity index (χ0) is 22.1. The number of nitrogens with zero attached hydrogens (tertiary/aromatic N) is 6. The molecule has 0 unspecified atom stereocenters. The molecule has 0 spiro atoms. The van der Waals surface area contributed by atoms with Gasteiger partial charge >= 0.3 is 6.09 Å². The van der Waals surface area contributed by atoms with E-state index in [0.29, 0.717) is 5.56 Å². The zero-order valence-corrected chi connectivity index (χ0v) is 17.6. The van der Waals surface area contributed by atoms with Gasteiger partial charge in [-0.1, -0.05) is 11.6 Å². The van der Waals surface area contributed by atoms with Crippen molar-refractivity contribution in [1.29, 1.82) is 0 Å². The van der Waals surface area contributed by atoms with Crippen molar-refractivity contribution < 1.29 is 23.5 Å². The number of carbonyl (C=O) groups is 2.